The van der Waals surface area contributed by atoms with Crippen LogP contribution in [0.1, 0.15) is 27.5 Å². The van der Waals surface area contributed by atoms with Crippen LogP contribution in [-0.2, 0) is 4.79 Å². The van der Waals surface area contributed by atoms with E-state index in [1.807, 2.05) is 0 Å². The molecule has 0 radical (unpaired) electrons. The lowest BCUT2D eigenvalue weighted by atomic mass is 9.90. The van der Waals surface area contributed by atoms with Crippen LogP contribution < -0.4 is 10.6 Å². The summed E-state index contributed by atoms with van der Waals surface area (Å²) in [5.74, 6) is -0.454. The number of benzene rings is 2. The maximum Gasteiger partial charge on any atom is 0.211 e. The van der Waals surface area contributed by atoms with Gasteiger partial charge < -0.3 is 10.6 Å². The molecule has 0 saturated carbocycles. The van der Waals surface area contributed by atoms with E-state index in [2.05, 4.69) is 15.6 Å². The zero-order valence-electron chi connectivity index (χ0n) is 13.8. The van der Waals surface area contributed by atoms with Gasteiger partial charge in [-0.15, -0.1) is 0 Å². The number of anilines is 1. The molecule has 1 aromatic heterocycles. The number of fused-ring (bicyclic) bond motifs is 1. The van der Waals surface area contributed by atoms with Gasteiger partial charge in [-0.1, -0.05) is 17.7 Å². The van der Waals surface area contributed by atoms with Crippen molar-refractivity contribution >= 4 is 40.9 Å². The topological polar surface area (TPSA) is 71.1 Å². The predicted molar refractivity (Wildman–Crippen MR) is 99.1 cm³/mol. The third kappa shape index (κ3) is 3.16. The van der Waals surface area contributed by atoms with Crippen LogP contribution in [-0.4, -0.2) is 24.7 Å². The predicted octanol–water partition coefficient (Wildman–Crippen LogP) is 3.72. The minimum atomic E-state index is -0.620. The van der Waals surface area contributed by atoms with Crippen LogP contribution in [0.4, 0.5) is 10.1 Å². The Labute approximate surface area is 154 Å². The first kappa shape index (κ1) is 18.0. The minimum Gasteiger partial charge on any atom is -0.328 e. The van der Waals surface area contributed by atoms with Gasteiger partial charge in [0.15, 0.2) is 6.29 Å². The summed E-state index contributed by atoms with van der Waals surface area (Å²) < 4.78 is 13.8. The number of carbonyl (C=O) groups excluding carboxylic acids is 2. The third-order valence-electron chi connectivity index (χ3n) is 4.17. The van der Waals surface area contributed by atoms with Crippen molar-refractivity contribution in [3.05, 3.63) is 70.1 Å². The number of nitrogens with one attached hydrogen (secondary N) is 2. The molecule has 1 heterocycles. The van der Waals surface area contributed by atoms with E-state index in [9.17, 15) is 14.0 Å². The van der Waals surface area contributed by atoms with E-state index in [0.717, 1.165) is 0 Å². The van der Waals surface area contributed by atoms with Crippen LogP contribution in [0.2, 0.25) is 5.02 Å². The second kappa shape index (κ2) is 7.59. The Bertz CT molecular complexity index is 994. The standard InChI is InChI=1S/C19H15ClFN3O2/c1-22-19(13-7-11(21)4-5-15(13)20)18-14(9-25)12-3-2-6-23-16(12)8-17(18)24-10-26/h2-10,19,22H,1H3,(H,24,26). The van der Waals surface area contributed by atoms with Gasteiger partial charge in [-0.2, -0.15) is 0 Å². The molecular formula is C19H15ClFN3O2. The lowest BCUT2D eigenvalue weighted by Crippen LogP contribution is -2.22. The monoisotopic (exact) mass is 371 g/mol. The highest BCUT2D eigenvalue weighted by atomic mass is 35.5. The number of aromatic nitrogens is 1. The fourth-order valence-corrected chi connectivity index (χ4v) is 3.30. The first-order valence-electron chi connectivity index (χ1n) is 7.80. The Balaban J connectivity index is 2.36. The van der Waals surface area contributed by atoms with Gasteiger partial charge in [0.1, 0.15) is 5.82 Å². The van der Waals surface area contributed by atoms with Gasteiger partial charge in [-0.25, -0.2) is 4.39 Å². The summed E-state index contributed by atoms with van der Waals surface area (Å²) in [5.41, 5.74) is 2.24. The maximum absolute atomic E-state index is 13.8. The van der Waals surface area contributed by atoms with Crippen molar-refractivity contribution in [1.82, 2.24) is 10.3 Å². The molecule has 0 aliphatic rings. The molecule has 26 heavy (non-hydrogen) atoms. The highest BCUT2D eigenvalue weighted by Crippen LogP contribution is 2.37. The number of hydrogen-bond donors (Lipinski definition) is 2. The maximum atomic E-state index is 13.8. The molecule has 3 rings (SSSR count). The molecule has 2 N–H and O–H groups in total. The number of halogens is 2. The highest BCUT2D eigenvalue weighted by Gasteiger charge is 2.24. The average molecular weight is 372 g/mol. The largest absolute Gasteiger partial charge is 0.328 e. The highest BCUT2D eigenvalue weighted by molar-refractivity contribution is 6.31. The number of pyridine rings is 1. The van der Waals surface area contributed by atoms with Crippen molar-refractivity contribution in [3.8, 4) is 0 Å². The Morgan fingerprint density at radius 1 is 1.23 bits per heavy atom. The van der Waals surface area contributed by atoms with E-state index in [1.54, 1.807) is 31.4 Å². The van der Waals surface area contributed by atoms with E-state index in [-0.39, 0.29) is 0 Å². The molecule has 0 saturated heterocycles. The first-order chi connectivity index (χ1) is 12.6. The lowest BCUT2D eigenvalue weighted by molar-refractivity contribution is -0.105. The van der Waals surface area contributed by atoms with E-state index in [4.69, 9.17) is 11.6 Å². The summed E-state index contributed by atoms with van der Waals surface area (Å²) in [6, 6.07) is 8.54. The number of aldehydes is 1. The minimum absolute atomic E-state index is 0.339. The molecule has 1 amide bonds. The number of rotatable bonds is 6. The second-order valence-electron chi connectivity index (χ2n) is 5.59. The Morgan fingerprint density at radius 2 is 2.04 bits per heavy atom. The normalized spacial score (nSPS) is 12.0. The van der Waals surface area contributed by atoms with Gasteiger partial charge in [0.2, 0.25) is 6.41 Å². The summed E-state index contributed by atoms with van der Waals surface area (Å²) in [6.45, 7) is 0. The number of hydrogen-bond acceptors (Lipinski definition) is 4. The van der Waals surface area contributed by atoms with Crippen molar-refractivity contribution in [3.63, 3.8) is 0 Å². The third-order valence-corrected chi connectivity index (χ3v) is 4.51. The molecule has 0 aliphatic carbocycles. The van der Waals surface area contributed by atoms with Crippen LogP contribution in [0.5, 0.6) is 0 Å². The molecule has 7 heteroatoms. The molecule has 0 bridgehead atoms. The summed E-state index contributed by atoms with van der Waals surface area (Å²) in [4.78, 5) is 27.3. The molecular weight excluding hydrogens is 357 g/mol. The van der Waals surface area contributed by atoms with Crippen molar-refractivity contribution in [1.29, 1.82) is 0 Å². The van der Waals surface area contributed by atoms with Crippen molar-refractivity contribution in [2.45, 2.75) is 6.04 Å². The summed E-state index contributed by atoms with van der Waals surface area (Å²) in [5, 5.41) is 6.63. The molecule has 0 spiro atoms. The van der Waals surface area contributed by atoms with Crippen LogP contribution in [0.25, 0.3) is 10.9 Å². The van der Waals surface area contributed by atoms with E-state index in [1.165, 1.54) is 18.2 Å². The molecule has 5 nitrogen and oxygen atoms in total. The zero-order chi connectivity index (χ0) is 18.7. The summed E-state index contributed by atoms with van der Waals surface area (Å²) in [6.07, 6.45) is 2.81. The number of amides is 1. The smallest absolute Gasteiger partial charge is 0.211 e. The molecule has 132 valence electrons. The van der Waals surface area contributed by atoms with Gasteiger partial charge in [-0.3, -0.25) is 14.6 Å². The van der Waals surface area contributed by atoms with Crippen molar-refractivity contribution < 1.29 is 14.0 Å². The summed E-state index contributed by atoms with van der Waals surface area (Å²) >= 11 is 6.27. The van der Waals surface area contributed by atoms with Crippen LogP contribution >= 0.6 is 11.6 Å². The Kier molecular flexibility index (Phi) is 5.25. The molecule has 0 aliphatic heterocycles. The molecule has 2 aromatic carbocycles. The Hall–Kier alpha value is -2.83. The van der Waals surface area contributed by atoms with E-state index in [0.29, 0.717) is 51.0 Å². The number of carbonyl (C=O) groups is 2. The quantitative estimate of drug-likeness (QED) is 0.648. The average Bonchev–Trinajstić information content (AvgIpc) is 2.65. The van der Waals surface area contributed by atoms with Gasteiger partial charge in [-0.05, 0) is 42.9 Å². The Morgan fingerprint density at radius 3 is 2.73 bits per heavy atom. The molecule has 0 fully saturated rings. The second-order valence-corrected chi connectivity index (χ2v) is 6.00. The molecule has 1 atom stereocenters. The van der Waals surface area contributed by atoms with Crippen LogP contribution in [0, 0.1) is 5.82 Å². The van der Waals surface area contributed by atoms with E-state index < -0.39 is 11.9 Å². The SMILES string of the molecule is CNC(c1cc(F)ccc1Cl)c1c(NC=O)cc2ncccc2c1C=O. The lowest BCUT2D eigenvalue weighted by Gasteiger charge is -2.24. The van der Waals surface area contributed by atoms with Crippen LogP contribution in [0.15, 0.2) is 42.6 Å². The van der Waals surface area contributed by atoms with Gasteiger partial charge in [0.25, 0.3) is 0 Å². The van der Waals surface area contributed by atoms with Gasteiger partial charge in [0, 0.05) is 33.4 Å². The first-order valence-corrected chi connectivity index (χ1v) is 8.17. The van der Waals surface area contributed by atoms with Gasteiger partial charge >= 0.3 is 0 Å². The van der Waals surface area contributed by atoms with E-state index >= 15 is 0 Å². The summed E-state index contributed by atoms with van der Waals surface area (Å²) in [7, 11) is 1.67. The molecule has 1 unspecified atom stereocenters. The van der Waals surface area contributed by atoms with Crippen molar-refractivity contribution in [2.75, 3.05) is 12.4 Å². The zero-order valence-corrected chi connectivity index (χ0v) is 14.5. The fourth-order valence-electron chi connectivity index (χ4n) is 3.08. The van der Waals surface area contributed by atoms with Gasteiger partial charge in [0.05, 0.1) is 11.6 Å². The van der Waals surface area contributed by atoms with Crippen molar-refractivity contribution in [2.24, 2.45) is 0 Å². The number of nitrogens with zero attached hydrogens (tertiary/aromatic N) is 1. The fraction of sp³-hybridized carbons (Fsp3) is 0.105. The van der Waals surface area contributed by atoms with Crippen LogP contribution in [0.3, 0.4) is 0 Å². The molecule has 3 aromatic rings.